The van der Waals surface area contributed by atoms with Crippen molar-refractivity contribution in [2.75, 3.05) is 12.4 Å². The number of pyridine rings is 1. The molecule has 0 spiro atoms. The Morgan fingerprint density at radius 2 is 2.00 bits per heavy atom. The molecule has 0 aliphatic heterocycles. The van der Waals surface area contributed by atoms with Crippen molar-refractivity contribution in [1.29, 1.82) is 0 Å². The first-order chi connectivity index (χ1) is 9.23. The second-order valence-corrected chi connectivity index (χ2v) is 5.53. The fraction of sp³-hybridized carbons (Fsp3) is 0.500. The topological polar surface area (TPSA) is 80.3 Å². The van der Waals surface area contributed by atoms with Gasteiger partial charge in [-0.25, -0.2) is 9.78 Å². The molecular weight excluding hydrogens is 258 g/mol. The van der Waals surface area contributed by atoms with Gasteiger partial charge in [-0.1, -0.05) is 0 Å². The Bertz CT molecular complexity index is 495. The Morgan fingerprint density at radius 3 is 2.55 bits per heavy atom. The van der Waals surface area contributed by atoms with E-state index in [2.05, 4.69) is 20.4 Å². The van der Waals surface area contributed by atoms with Crippen molar-refractivity contribution < 1.29 is 14.3 Å². The molecule has 0 radical (unpaired) electrons. The maximum atomic E-state index is 11.9. The summed E-state index contributed by atoms with van der Waals surface area (Å²) in [5.41, 5.74) is 0.0855. The smallest absolute Gasteiger partial charge is 0.338 e. The second-order valence-electron chi connectivity index (χ2n) is 5.53. The summed E-state index contributed by atoms with van der Waals surface area (Å²) >= 11 is 0. The van der Waals surface area contributed by atoms with E-state index in [0.29, 0.717) is 11.4 Å². The van der Waals surface area contributed by atoms with Gasteiger partial charge < -0.3 is 15.4 Å². The minimum absolute atomic E-state index is 0.136. The summed E-state index contributed by atoms with van der Waals surface area (Å²) in [5, 5.41) is 5.82. The lowest BCUT2D eigenvalue weighted by molar-refractivity contribution is -0.122. The highest BCUT2D eigenvalue weighted by molar-refractivity contribution is 5.90. The highest BCUT2D eigenvalue weighted by Crippen LogP contribution is 2.10. The molecule has 1 unspecified atom stereocenters. The summed E-state index contributed by atoms with van der Waals surface area (Å²) in [4.78, 5) is 27.4. The van der Waals surface area contributed by atoms with E-state index in [1.165, 1.54) is 13.3 Å². The largest absolute Gasteiger partial charge is 0.465 e. The minimum atomic E-state index is -0.463. The summed E-state index contributed by atoms with van der Waals surface area (Å²) in [6.45, 7) is 7.46. The second kappa shape index (κ2) is 6.36. The van der Waals surface area contributed by atoms with Gasteiger partial charge in [0, 0.05) is 11.7 Å². The molecule has 0 aliphatic carbocycles. The van der Waals surface area contributed by atoms with Gasteiger partial charge in [-0.2, -0.15) is 0 Å². The molecule has 0 bridgehead atoms. The van der Waals surface area contributed by atoms with E-state index in [9.17, 15) is 9.59 Å². The highest BCUT2D eigenvalue weighted by atomic mass is 16.5. The summed E-state index contributed by atoms with van der Waals surface area (Å²) in [6.07, 6.45) is 1.49. The average molecular weight is 279 g/mol. The number of hydrogen-bond donors (Lipinski definition) is 2. The van der Waals surface area contributed by atoms with Crippen LogP contribution in [0.4, 0.5) is 5.82 Å². The van der Waals surface area contributed by atoms with Crippen LogP contribution in [0.25, 0.3) is 0 Å². The number of nitrogens with zero attached hydrogens (tertiary/aromatic N) is 1. The van der Waals surface area contributed by atoms with Crippen LogP contribution in [-0.2, 0) is 9.53 Å². The fourth-order valence-electron chi connectivity index (χ4n) is 1.52. The van der Waals surface area contributed by atoms with Gasteiger partial charge >= 0.3 is 5.97 Å². The lowest BCUT2D eigenvalue weighted by atomic mass is 10.1. The molecule has 1 heterocycles. The average Bonchev–Trinajstić information content (AvgIpc) is 2.36. The third-order valence-corrected chi connectivity index (χ3v) is 2.44. The van der Waals surface area contributed by atoms with Gasteiger partial charge in [-0.15, -0.1) is 0 Å². The molecule has 1 amide bonds. The van der Waals surface area contributed by atoms with Crippen molar-refractivity contribution in [2.24, 2.45) is 0 Å². The SMILES string of the molecule is COC(=O)c1ccnc(NC(C)C(=O)NC(C)(C)C)c1. The molecule has 0 fully saturated rings. The van der Waals surface area contributed by atoms with E-state index in [1.54, 1.807) is 19.1 Å². The molecular formula is C14H21N3O3. The van der Waals surface area contributed by atoms with Crippen LogP contribution in [0.5, 0.6) is 0 Å². The molecule has 0 saturated heterocycles. The van der Waals surface area contributed by atoms with Crippen LogP contribution in [0.2, 0.25) is 0 Å². The Hall–Kier alpha value is -2.11. The first-order valence-corrected chi connectivity index (χ1v) is 6.36. The molecule has 1 aromatic rings. The number of carbonyl (C=O) groups is 2. The zero-order valence-corrected chi connectivity index (χ0v) is 12.5. The fourth-order valence-corrected chi connectivity index (χ4v) is 1.52. The number of ether oxygens (including phenoxy) is 1. The molecule has 6 nitrogen and oxygen atoms in total. The van der Waals surface area contributed by atoms with Gasteiger partial charge in [0.25, 0.3) is 0 Å². The predicted octanol–water partition coefficient (Wildman–Crippen LogP) is 1.58. The summed E-state index contributed by atoms with van der Waals surface area (Å²) in [6, 6.07) is 2.64. The lowest BCUT2D eigenvalue weighted by Crippen LogP contribution is -2.47. The van der Waals surface area contributed by atoms with Crippen LogP contribution in [0, 0.1) is 0 Å². The van der Waals surface area contributed by atoms with E-state index in [4.69, 9.17) is 0 Å². The number of amides is 1. The predicted molar refractivity (Wildman–Crippen MR) is 76.6 cm³/mol. The van der Waals surface area contributed by atoms with Crippen LogP contribution in [0.1, 0.15) is 38.1 Å². The number of hydrogen-bond acceptors (Lipinski definition) is 5. The zero-order valence-electron chi connectivity index (χ0n) is 12.5. The molecule has 20 heavy (non-hydrogen) atoms. The molecule has 1 rings (SSSR count). The molecule has 0 aromatic carbocycles. The van der Waals surface area contributed by atoms with Crippen molar-refractivity contribution in [3.8, 4) is 0 Å². The first-order valence-electron chi connectivity index (χ1n) is 6.36. The van der Waals surface area contributed by atoms with Crippen molar-refractivity contribution in [1.82, 2.24) is 10.3 Å². The van der Waals surface area contributed by atoms with Crippen LogP contribution >= 0.6 is 0 Å². The quantitative estimate of drug-likeness (QED) is 0.818. The van der Waals surface area contributed by atoms with Crippen LogP contribution in [0.3, 0.4) is 0 Å². The van der Waals surface area contributed by atoms with Gasteiger partial charge in [0.15, 0.2) is 0 Å². The molecule has 0 aliphatic rings. The molecule has 2 N–H and O–H groups in total. The standard InChI is InChI=1S/C14H21N3O3/c1-9(12(18)17-14(2,3)4)16-11-8-10(6-7-15-11)13(19)20-5/h6-9H,1-5H3,(H,15,16)(H,17,18). The van der Waals surface area contributed by atoms with E-state index in [-0.39, 0.29) is 11.4 Å². The summed E-state index contributed by atoms with van der Waals surface area (Å²) in [5.74, 6) is -0.130. The summed E-state index contributed by atoms with van der Waals surface area (Å²) in [7, 11) is 1.31. The molecule has 110 valence electrons. The molecule has 0 saturated carbocycles. The normalized spacial score (nSPS) is 12.4. The number of methoxy groups -OCH3 is 1. The molecule has 1 aromatic heterocycles. The number of esters is 1. The third kappa shape index (κ3) is 4.87. The Kier molecular flexibility index (Phi) is 5.07. The maximum Gasteiger partial charge on any atom is 0.338 e. The van der Waals surface area contributed by atoms with Crippen LogP contribution in [-0.4, -0.2) is 35.6 Å². The van der Waals surface area contributed by atoms with E-state index < -0.39 is 12.0 Å². The summed E-state index contributed by atoms with van der Waals surface area (Å²) < 4.78 is 4.64. The Labute approximate surface area is 118 Å². The van der Waals surface area contributed by atoms with E-state index >= 15 is 0 Å². The lowest BCUT2D eigenvalue weighted by Gasteiger charge is -2.23. The van der Waals surface area contributed by atoms with Crippen molar-refractivity contribution in [2.45, 2.75) is 39.3 Å². The van der Waals surface area contributed by atoms with Crippen molar-refractivity contribution in [3.63, 3.8) is 0 Å². The maximum absolute atomic E-state index is 11.9. The zero-order chi connectivity index (χ0) is 15.3. The Morgan fingerprint density at radius 1 is 1.35 bits per heavy atom. The number of anilines is 1. The van der Waals surface area contributed by atoms with Crippen molar-refractivity contribution >= 4 is 17.7 Å². The number of nitrogens with one attached hydrogen (secondary N) is 2. The monoisotopic (exact) mass is 279 g/mol. The van der Waals surface area contributed by atoms with Gasteiger partial charge in [0.1, 0.15) is 11.9 Å². The van der Waals surface area contributed by atoms with Gasteiger partial charge in [-0.3, -0.25) is 4.79 Å². The number of aromatic nitrogens is 1. The van der Waals surface area contributed by atoms with Crippen LogP contribution < -0.4 is 10.6 Å². The highest BCUT2D eigenvalue weighted by Gasteiger charge is 2.19. The number of carbonyl (C=O) groups excluding carboxylic acids is 2. The molecule has 1 atom stereocenters. The van der Waals surface area contributed by atoms with Crippen molar-refractivity contribution in [3.05, 3.63) is 23.9 Å². The van der Waals surface area contributed by atoms with E-state index in [1.807, 2.05) is 20.8 Å². The van der Waals surface area contributed by atoms with Crippen LogP contribution in [0.15, 0.2) is 18.3 Å². The Balaban J connectivity index is 2.73. The van der Waals surface area contributed by atoms with E-state index in [0.717, 1.165) is 0 Å². The van der Waals surface area contributed by atoms with Gasteiger partial charge in [-0.05, 0) is 39.8 Å². The first kappa shape index (κ1) is 15.9. The van der Waals surface area contributed by atoms with Gasteiger partial charge in [0.2, 0.25) is 5.91 Å². The minimum Gasteiger partial charge on any atom is -0.465 e. The third-order valence-electron chi connectivity index (χ3n) is 2.44. The molecule has 6 heteroatoms. The van der Waals surface area contributed by atoms with Gasteiger partial charge in [0.05, 0.1) is 12.7 Å². The number of rotatable bonds is 4.